The lowest BCUT2D eigenvalue weighted by molar-refractivity contribution is -0.130. The molecule has 6 nitrogen and oxygen atoms in total. The molecule has 114 valence electrons. The Labute approximate surface area is 123 Å². The molecule has 1 aliphatic rings. The van der Waals surface area contributed by atoms with Gasteiger partial charge in [0.05, 0.1) is 0 Å². The van der Waals surface area contributed by atoms with Crippen LogP contribution in [0, 0.1) is 6.92 Å². The maximum absolute atomic E-state index is 12.5. The maximum atomic E-state index is 12.5. The number of carbonyl (C=O) groups excluding carboxylic acids is 2. The summed E-state index contributed by atoms with van der Waals surface area (Å²) in [6.07, 6.45) is 4.62. The molecule has 21 heavy (non-hydrogen) atoms. The average Bonchev–Trinajstić information content (AvgIpc) is 2.64. The van der Waals surface area contributed by atoms with Crippen molar-refractivity contribution in [2.24, 2.45) is 0 Å². The van der Waals surface area contributed by atoms with E-state index in [4.69, 9.17) is 0 Å². The Bertz CT molecular complexity index is 594. The molecular formula is C15H21N3O3. The molecule has 0 aromatic carbocycles. The van der Waals surface area contributed by atoms with Gasteiger partial charge < -0.3 is 14.8 Å². The van der Waals surface area contributed by atoms with Crippen LogP contribution in [0.15, 0.2) is 17.2 Å². The topological polar surface area (TPSA) is 73.5 Å². The molecule has 0 saturated carbocycles. The Morgan fingerprint density at radius 1 is 1.29 bits per heavy atom. The zero-order valence-corrected chi connectivity index (χ0v) is 12.5. The average molecular weight is 291 g/mol. The third-order valence-corrected chi connectivity index (χ3v) is 3.68. The summed E-state index contributed by atoms with van der Waals surface area (Å²) in [4.78, 5) is 42.7. The van der Waals surface area contributed by atoms with Gasteiger partial charge in [0.15, 0.2) is 5.43 Å². The first kappa shape index (κ1) is 15.3. The predicted octanol–water partition coefficient (Wildman–Crippen LogP) is 0.768. The van der Waals surface area contributed by atoms with E-state index in [0.717, 1.165) is 12.8 Å². The highest BCUT2D eigenvalue weighted by atomic mass is 16.2. The molecule has 0 radical (unpaired) electrons. The second-order valence-corrected chi connectivity index (χ2v) is 5.34. The summed E-state index contributed by atoms with van der Waals surface area (Å²) in [6, 6.07) is 0. The van der Waals surface area contributed by atoms with E-state index in [1.807, 2.05) is 6.92 Å². The van der Waals surface area contributed by atoms with Crippen LogP contribution in [-0.2, 0) is 4.79 Å². The number of pyridine rings is 1. The van der Waals surface area contributed by atoms with Gasteiger partial charge >= 0.3 is 0 Å². The van der Waals surface area contributed by atoms with Crippen LogP contribution in [0.1, 0.15) is 35.7 Å². The van der Waals surface area contributed by atoms with Crippen molar-refractivity contribution in [1.82, 2.24) is 14.8 Å². The van der Waals surface area contributed by atoms with Crippen LogP contribution < -0.4 is 5.43 Å². The smallest absolute Gasteiger partial charge is 0.259 e. The van der Waals surface area contributed by atoms with Crippen molar-refractivity contribution < 1.29 is 9.59 Å². The molecule has 0 spiro atoms. The van der Waals surface area contributed by atoms with Gasteiger partial charge in [0, 0.05) is 37.6 Å². The van der Waals surface area contributed by atoms with Gasteiger partial charge in [-0.1, -0.05) is 6.92 Å². The molecule has 0 unspecified atom stereocenters. The third kappa shape index (κ3) is 3.32. The monoisotopic (exact) mass is 291 g/mol. The summed E-state index contributed by atoms with van der Waals surface area (Å²) in [7, 11) is 0. The molecule has 1 fully saturated rings. The fraction of sp³-hybridized carbons (Fsp3) is 0.533. The first-order valence-corrected chi connectivity index (χ1v) is 7.29. The molecule has 0 atom stereocenters. The summed E-state index contributed by atoms with van der Waals surface area (Å²) < 4.78 is 0. The predicted molar refractivity (Wildman–Crippen MR) is 79.2 cm³/mol. The minimum Gasteiger partial charge on any atom is -0.366 e. The number of nitrogens with zero attached hydrogens (tertiary/aromatic N) is 2. The first-order chi connectivity index (χ1) is 10.0. The molecule has 6 heteroatoms. The van der Waals surface area contributed by atoms with E-state index in [9.17, 15) is 14.4 Å². The van der Waals surface area contributed by atoms with Crippen molar-refractivity contribution in [3.63, 3.8) is 0 Å². The molecular weight excluding hydrogens is 270 g/mol. The molecule has 1 aromatic rings. The van der Waals surface area contributed by atoms with Gasteiger partial charge in [0.25, 0.3) is 5.91 Å². The molecule has 1 N–H and O–H groups in total. The highest BCUT2D eigenvalue weighted by Gasteiger charge is 2.26. The molecule has 0 bridgehead atoms. The summed E-state index contributed by atoms with van der Waals surface area (Å²) in [5.41, 5.74) is 0.321. The zero-order chi connectivity index (χ0) is 15.4. The zero-order valence-electron chi connectivity index (χ0n) is 12.5. The van der Waals surface area contributed by atoms with Gasteiger partial charge in [0.2, 0.25) is 5.91 Å². The quantitative estimate of drug-likeness (QED) is 0.894. The molecule has 1 saturated heterocycles. The highest BCUT2D eigenvalue weighted by Crippen LogP contribution is 2.08. The van der Waals surface area contributed by atoms with Crippen LogP contribution >= 0.6 is 0 Å². The molecule has 0 aliphatic carbocycles. The Morgan fingerprint density at radius 2 is 2.05 bits per heavy atom. The van der Waals surface area contributed by atoms with Gasteiger partial charge in [0.1, 0.15) is 12.1 Å². The van der Waals surface area contributed by atoms with Crippen LogP contribution in [0.5, 0.6) is 0 Å². The first-order valence-electron chi connectivity index (χ1n) is 7.29. The van der Waals surface area contributed by atoms with Crippen molar-refractivity contribution in [1.29, 1.82) is 0 Å². The number of H-pyrrole nitrogens is 1. The Kier molecular flexibility index (Phi) is 4.77. The van der Waals surface area contributed by atoms with Gasteiger partial charge in [-0.2, -0.15) is 0 Å². The minimum atomic E-state index is -0.369. The van der Waals surface area contributed by atoms with Crippen LogP contribution in [0.4, 0.5) is 0 Å². The fourth-order valence-electron chi connectivity index (χ4n) is 2.52. The number of rotatable bonds is 3. The lowest BCUT2D eigenvalue weighted by Crippen LogP contribution is -2.41. The maximum Gasteiger partial charge on any atom is 0.259 e. The van der Waals surface area contributed by atoms with Crippen LogP contribution in [0.25, 0.3) is 0 Å². The van der Waals surface area contributed by atoms with Gasteiger partial charge in [-0.15, -0.1) is 0 Å². The number of aromatic nitrogens is 1. The standard InChI is InChI=1S/C15H21N3O3/c1-3-5-17-6-4-7-18(10-13(17)19)15(21)12-9-16-8-11(2)14(12)20/h8-9H,3-7,10H2,1-2H3,(H,16,20). The van der Waals surface area contributed by atoms with Crippen molar-refractivity contribution in [3.8, 4) is 0 Å². The number of aryl methyl sites for hydroxylation is 1. The van der Waals surface area contributed by atoms with Crippen LogP contribution in [0.2, 0.25) is 0 Å². The summed E-state index contributed by atoms with van der Waals surface area (Å²) in [6.45, 7) is 5.61. The Hall–Kier alpha value is -2.11. The number of carbonyl (C=O) groups is 2. The van der Waals surface area contributed by atoms with E-state index < -0.39 is 0 Å². The summed E-state index contributed by atoms with van der Waals surface area (Å²) in [5, 5.41) is 0. The highest BCUT2D eigenvalue weighted by molar-refractivity contribution is 5.96. The molecule has 2 heterocycles. The Balaban J connectivity index is 2.18. The number of nitrogens with one attached hydrogen (secondary N) is 1. The van der Waals surface area contributed by atoms with E-state index in [1.165, 1.54) is 11.1 Å². The number of hydrogen-bond donors (Lipinski definition) is 1. The molecule has 1 aliphatic heterocycles. The van der Waals surface area contributed by atoms with E-state index >= 15 is 0 Å². The van der Waals surface area contributed by atoms with E-state index in [0.29, 0.717) is 25.2 Å². The van der Waals surface area contributed by atoms with Gasteiger partial charge in [-0.05, 0) is 19.8 Å². The van der Waals surface area contributed by atoms with E-state index in [2.05, 4.69) is 4.98 Å². The van der Waals surface area contributed by atoms with Crippen molar-refractivity contribution in [2.45, 2.75) is 26.7 Å². The minimum absolute atomic E-state index is 0.0478. The SMILES string of the molecule is CCCN1CCCN(C(=O)c2c[nH]cc(C)c2=O)CC1=O. The molecule has 1 aromatic heterocycles. The fourth-order valence-corrected chi connectivity index (χ4v) is 2.52. The number of amides is 2. The third-order valence-electron chi connectivity index (χ3n) is 3.68. The second-order valence-electron chi connectivity index (χ2n) is 5.34. The van der Waals surface area contributed by atoms with E-state index in [1.54, 1.807) is 18.0 Å². The van der Waals surface area contributed by atoms with Gasteiger partial charge in [-0.3, -0.25) is 14.4 Å². The summed E-state index contributed by atoms with van der Waals surface area (Å²) >= 11 is 0. The van der Waals surface area contributed by atoms with Crippen LogP contribution in [-0.4, -0.2) is 52.8 Å². The lowest BCUT2D eigenvalue weighted by atomic mass is 10.2. The number of hydrogen-bond acceptors (Lipinski definition) is 3. The molecule has 2 rings (SSSR count). The normalized spacial score (nSPS) is 16.0. The second kappa shape index (κ2) is 6.56. The van der Waals surface area contributed by atoms with Crippen molar-refractivity contribution >= 4 is 11.8 Å². The lowest BCUT2D eigenvalue weighted by Gasteiger charge is -2.21. The van der Waals surface area contributed by atoms with Crippen molar-refractivity contribution in [2.75, 3.05) is 26.2 Å². The van der Waals surface area contributed by atoms with Gasteiger partial charge in [-0.25, -0.2) is 0 Å². The Morgan fingerprint density at radius 3 is 2.76 bits per heavy atom. The summed E-state index contributed by atoms with van der Waals surface area (Å²) in [5.74, 6) is -0.418. The van der Waals surface area contributed by atoms with E-state index in [-0.39, 0.29) is 29.4 Å². The largest absolute Gasteiger partial charge is 0.366 e. The number of aromatic amines is 1. The van der Waals surface area contributed by atoms with Crippen molar-refractivity contribution in [3.05, 3.63) is 33.7 Å². The van der Waals surface area contributed by atoms with Crippen LogP contribution in [0.3, 0.4) is 0 Å². The molecule has 2 amide bonds.